The maximum Gasteiger partial charge on any atom is 0.248 e. The molecule has 0 bridgehead atoms. The number of carbonyl (C=O) groups is 1. The van der Waals surface area contributed by atoms with E-state index in [1.807, 2.05) is 32.6 Å². The Morgan fingerprint density at radius 1 is 1.06 bits per heavy atom. The molecule has 0 aliphatic carbocycles. The van der Waals surface area contributed by atoms with Crippen LogP contribution in [0.15, 0.2) is 0 Å². The lowest BCUT2D eigenvalue weighted by Gasteiger charge is -2.32. The predicted octanol–water partition coefficient (Wildman–Crippen LogP) is 1.46. The minimum atomic E-state index is 0.102. The van der Waals surface area contributed by atoms with Crippen LogP contribution in [-0.4, -0.2) is 62.7 Å². The molecule has 4 nitrogen and oxygen atoms in total. The molecule has 1 aliphatic rings. The number of likely N-dealkylation sites (N-methyl/N-ethyl adjacent to an activating group) is 1. The first-order valence-electron chi connectivity index (χ1n) is 6.19. The van der Waals surface area contributed by atoms with Crippen molar-refractivity contribution in [3.8, 4) is 0 Å². The van der Waals surface area contributed by atoms with E-state index in [4.69, 9.17) is 4.74 Å². The second kappa shape index (κ2) is 12.5. The molecule has 1 amide bonds. The maximum atomic E-state index is 11.3. The molecule has 4 heteroatoms. The normalized spacial score (nSPS) is 15.5. The van der Waals surface area contributed by atoms with E-state index in [2.05, 4.69) is 11.9 Å². The fraction of sp³-hybridized carbons (Fsp3) is 0.917. The zero-order chi connectivity index (χ0) is 13.0. The minimum absolute atomic E-state index is 0.102. The number of hydrogen-bond donors (Lipinski definition) is 0. The fourth-order valence-corrected chi connectivity index (χ4v) is 1.27. The highest BCUT2D eigenvalue weighted by Crippen LogP contribution is 1.99. The molecule has 0 aromatic carbocycles. The van der Waals surface area contributed by atoms with E-state index in [0.29, 0.717) is 0 Å². The smallest absolute Gasteiger partial charge is 0.248 e. The predicted molar refractivity (Wildman–Crippen MR) is 68.6 cm³/mol. The van der Waals surface area contributed by atoms with Gasteiger partial charge < -0.3 is 14.5 Å². The average molecular weight is 232 g/mol. The zero-order valence-electron chi connectivity index (χ0n) is 11.7. The number of hydrogen-bond acceptors (Lipinski definition) is 3. The molecule has 0 saturated carbocycles. The van der Waals surface area contributed by atoms with Crippen molar-refractivity contribution in [1.29, 1.82) is 0 Å². The summed E-state index contributed by atoms with van der Waals surface area (Å²) < 4.78 is 4.78. The molecule has 0 N–H and O–H groups in total. The molecular weight excluding hydrogens is 204 g/mol. The third kappa shape index (κ3) is 7.65. The summed E-state index contributed by atoms with van der Waals surface area (Å²) in [5.74, 6) is 0.102. The van der Waals surface area contributed by atoms with E-state index >= 15 is 0 Å². The van der Waals surface area contributed by atoms with Crippen LogP contribution in [0.1, 0.15) is 27.7 Å². The van der Waals surface area contributed by atoms with Gasteiger partial charge >= 0.3 is 0 Å². The quantitative estimate of drug-likeness (QED) is 0.722. The van der Waals surface area contributed by atoms with Crippen molar-refractivity contribution in [2.75, 3.05) is 46.9 Å². The first-order chi connectivity index (χ1) is 7.74. The van der Waals surface area contributed by atoms with Gasteiger partial charge in [-0.05, 0) is 7.05 Å². The lowest BCUT2D eigenvalue weighted by atomic mass is 10.3. The molecule has 0 aromatic rings. The third-order valence-corrected chi connectivity index (χ3v) is 2.12. The van der Waals surface area contributed by atoms with Crippen LogP contribution in [0.5, 0.6) is 0 Å². The van der Waals surface area contributed by atoms with Crippen molar-refractivity contribution in [1.82, 2.24) is 9.80 Å². The number of piperazine rings is 1. The number of methoxy groups -OCH3 is 1. The molecular formula is C12H28N2O2. The first-order valence-corrected chi connectivity index (χ1v) is 6.19. The summed E-state index contributed by atoms with van der Waals surface area (Å²) in [5.41, 5.74) is 0. The van der Waals surface area contributed by atoms with Crippen LogP contribution >= 0.6 is 0 Å². The van der Waals surface area contributed by atoms with Crippen LogP contribution in [0, 0.1) is 0 Å². The molecule has 1 fully saturated rings. The molecule has 1 heterocycles. The Bertz CT molecular complexity index is 155. The molecule has 1 rings (SSSR count). The Balaban J connectivity index is 0. The number of amides is 1. The van der Waals surface area contributed by atoms with Crippen LogP contribution in [0.2, 0.25) is 0 Å². The lowest BCUT2D eigenvalue weighted by Crippen LogP contribution is -2.48. The Morgan fingerprint density at radius 3 is 1.88 bits per heavy atom. The first kappa shape index (κ1) is 17.8. The summed E-state index contributed by atoms with van der Waals surface area (Å²) in [6.45, 7) is 11.8. The van der Waals surface area contributed by atoms with Gasteiger partial charge in [-0.15, -0.1) is 0 Å². The average Bonchev–Trinajstić information content (AvgIpc) is 2.35. The molecule has 0 aromatic heterocycles. The van der Waals surface area contributed by atoms with E-state index in [1.165, 1.54) is 0 Å². The van der Waals surface area contributed by atoms with E-state index in [1.54, 1.807) is 7.11 Å². The van der Waals surface area contributed by atoms with Gasteiger partial charge in [0.1, 0.15) is 6.61 Å². The SMILES string of the molecule is CC.CC.COCC(=O)N1CCN(C)CC1. The van der Waals surface area contributed by atoms with Gasteiger partial charge in [0.15, 0.2) is 0 Å². The molecule has 1 aliphatic heterocycles. The fourth-order valence-electron chi connectivity index (χ4n) is 1.27. The Morgan fingerprint density at radius 2 is 1.50 bits per heavy atom. The van der Waals surface area contributed by atoms with Gasteiger partial charge in [0.2, 0.25) is 5.91 Å². The zero-order valence-corrected chi connectivity index (χ0v) is 11.7. The number of rotatable bonds is 2. The highest BCUT2D eigenvalue weighted by atomic mass is 16.5. The number of ether oxygens (including phenoxy) is 1. The second-order valence-corrected chi connectivity index (χ2v) is 3.12. The van der Waals surface area contributed by atoms with Crippen molar-refractivity contribution in [3.05, 3.63) is 0 Å². The summed E-state index contributed by atoms with van der Waals surface area (Å²) in [6, 6.07) is 0. The summed E-state index contributed by atoms with van der Waals surface area (Å²) in [5, 5.41) is 0. The van der Waals surface area contributed by atoms with Gasteiger partial charge in [-0.3, -0.25) is 4.79 Å². The second-order valence-electron chi connectivity index (χ2n) is 3.12. The lowest BCUT2D eigenvalue weighted by molar-refractivity contribution is -0.136. The van der Waals surface area contributed by atoms with Crippen LogP contribution < -0.4 is 0 Å². The van der Waals surface area contributed by atoms with Gasteiger partial charge in [-0.1, -0.05) is 27.7 Å². The molecule has 98 valence electrons. The van der Waals surface area contributed by atoms with Crippen molar-refractivity contribution in [2.24, 2.45) is 0 Å². The monoisotopic (exact) mass is 232 g/mol. The Kier molecular flexibility index (Phi) is 13.8. The standard InChI is InChI=1S/C8H16N2O2.2C2H6/c1-9-3-5-10(6-4-9)8(11)7-12-2;2*1-2/h3-7H2,1-2H3;2*1-2H3. The molecule has 0 unspecified atom stereocenters. The Labute approximate surface area is 101 Å². The molecule has 0 radical (unpaired) electrons. The van der Waals surface area contributed by atoms with Crippen LogP contribution in [-0.2, 0) is 9.53 Å². The molecule has 0 atom stereocenters. The maximum absolute atomic E-state index is 11.3. The van der Waals surface area contributed by atoms with Gasteiger partial charge in [-0.25, -0.2) is 0 Å². The van der Waals surface area contributed by atoms with Crippen LogP contribution in [0.3, 0.4) is 0 Å². The van der Waals surface area contributed by atoms with Crippen molar-refractivity contribution < 1.29 is 9.53 Å². The third-order valence-electron chi connectivity index (χ3n) is 2.12. The highest BCUT2D eigenvalue weighted by molar-refractivity contribution is 5.77. The summed E-state index contributed by atoms with van der Waals surface area (Å²) >= 11 is 0. The number of carbonyl (C=O) groups excluding carboxylic acids is 1. The van der Waals surface area contributed by atoms with Gasteiger partial charge in [0.05, 0.1) is 0 Å². The van der Waals surface area contributed by atoms with Crippen molar-refractivity contribution in [3.63, 3.8) is 0 Å². The molecule has 16 heavy (non-hydrogen) atoms. The van der Waals surface area contributed by atoms with E-state index < -0.39 is 0 Å². The Hall–Kier alpha value is -0.610. The van der Waals surface area contributed by atoms with Crippen molar-refractivity contribution in [2.45, 2.75) is 27.7 Å². The van der Waals surface area contributed by atoms with E-state index in [-0.39, 0.29) is 12.5 Å². The van der Waals surface area contributed by atoms with Gasteiger partial charge in [-0.2, -0.15) is 0 Å². The van der Waals surface area contributed by atoms with Crippen molar-refractivity contribution >= 4 is 5.91 Å². The molecule has 0 spiro atoms. The summed E-state index contributed by atoms with van der Waals surface area (Å²) in [7, 11) is 3.62. The van der Waals surface area contributed by atoms with E-state index in [0.717, 1.165) is 26.2 Å². The van der Waals surface area contributed by atoms with Gasteiger partial charge in [0, 0.05) is 33.3 Å². The summed E-state index contributed by atoms with van der Waals surface area (Å²) in [6.07, 6.45) is 0. The minimum Gasteiger partial charge on any atom is -0.375 e. The highest BCUT2D eigenvalue weighted by Gasteiger charge is 2.17. The number of nitrogens with zero attached hydrogens (tertiary/aromatic N) is 2. The topological polar surface area (TPSA) is 32.8 Å². The van der Waals surface area contributed by atoms with Crippen LogP contribution in [0.25, 0.3) is 0 Å². The largest absolute Gasteiger partial charge is 0.375 e. The molecule has 1 saturated heterocycles. The van der Waals surface area contributed by atoms with Crippen LogP contribution in [0.4, 0.5) is 0 Å². The van der Waals surface area contributed by atoms with Gasteiger partial charge in [0.25, 0.3) is 0 Å². The van der Waals surface area contributed by atoms with E-state index in [9.17, 15) is 4.79 Å². The summed E-state index contributed by atoms with van der Waals surface area (Å²) in [4.78, 5) is 15.4.